The second kappa shape index (κ2) is 6.03. The summed E-state index contributed by atoms with van der Waals surface area (Å²) in [7, 11) is 0. The van der Waals surface area contributed by atoms with Gasteiger partial charge in [-0.15, -0.1) is 11.8 Å². The van der Waals surface area contributed by atoms with Crippen LogP contribution in [0.1, 0.15) is 32.1 Å². The van der Waals surface area contributed by atoms with E-state index in [1.54, 1.807) is 11.8 Å². The quantitative estimate of drug-likeness (QED) is 0.847. The first-order valence-electron chi connectivity index (χ1n) is 5.72. The molecular formula is C12H16BrNOS. The van der Waals surface area contributed by atoms with Crippen molar-refractivity contribution < 1.29 is 5.11 Å². The first kappa shape index (κ1) is 12.4. The summed E-state index contributed by atoms with van der Waals surface area (Å²) in [5, 5.41) is 11.3. The summed E-state index contributed by atoms with van der Waals surface area (Å²) in [5.41, 5.74) is 0. The summed E-state index contributed by atoms with van der Waals surface area (Å²) >= 11 is 5.09. The fraction of sp³-hybridized carbons (Fsp3) is 0.583. The molecule has 4 heteroatoms. The summed E-state index contributed by atoms with van der Waals surface area (Å²) in [4.78, 5) is 4.34. The number of halogens is 1. The van der Waals surface area contributed by atoms with Crippen LogP contribution >= 0.6 is 27.7 Å². The molecule has 2 nitrogen and oxygen atoms in total. The highest BCUT2D eigenvalue weighted by Crippen LogP contribution is 2.32. The maximum Gasteiger partial charge on any atom is 0.0964 e. The number of nitrogens with zero attached hydrogens (tertiary/aromatic N) is 1. The SMILES string of the molecule is OC1CCCCCC1Sc1ccc(Br)cn1. The van der Waals surface area contributed by atoms with Crippen LogP contribution in [0, 0.1) is 0 Å². The Morgan fingerprint density at radius 2 is 2.06 bits per heavy atom. The lowest BCUT2D eigenvalue weighted by Crippen LogP contribution is -2.21. The van der Waals surface area contributed by atoms with E-state index >= 15 is 0 Å². The molecule has 2 unspecified atom stereocenters. The molecule has 0 bridgehead atoms. The number of pyridine rings is 1. The maximum absolute atomic E-state index is 10.0. The summed E-state index contributed by atoms with van der Waals surface area (Å²) < 4.78 is 0.998. The highest BCUT2D eigenvalue weighted by molar-refractivity contribution is 9.10. The predicted octanol–water partition coefficient (Wildman–Crippen LogP) is 3.63. The van der Waals surface area contributed by atoms with Crippen molar-refractivity contribution in [3.63, 3.8) is 0 Å². The van der Waals surface area contributed by atoms with Crippen molar-refractivity contribution in [2.24, 2.45) is 0 Å². The minimum atomic E-state index is -0.169. The summed E-state index contributed by atoms with van der Waals surface area (Å²) in [5.74, 6) is 0. The Balaban J connectivity index is 1.99. The fourth-order valence-electron chi connectivity index (χ4n) is 1.98. The van der Waals surface area contributed by atoms with Gasteiger partial charge in [-0.1, -0.05) is 19.3 Å². The fourth-order valence-corrected chi connectivity index (χ4v) is 3.36. The molecule has 0 radical (unpaired) electrons. The summed E-state index contributed by atoms with van der Waals surface area (Å²) in [6.07, 6.45) is 7.32. The van der Waals surface area contributed by atoms with Gasteiger partial charge in [0.2, 0.25) is 0 Å². The third kappa shape index (κ3) is 3.47. The van der Waals surface area contributed by atoms with Crippen LogP contribution in [0.15, 0.2) is 27.8 Å². The minimum Gasteiger partial charge on any atom is -0.392 e. The Morgan fingerprint density at radius 3 is 2.81 bits per heavy atom. The van der Waals surface area contributed by atoms with Crippen molar-refractivity contribution in [1.29, 1.82) is 0 Å². The van der Waals surface area contributed by atoms with E-state index in [0.29, 0.717) is 5.25 Å². The van der Waals surface area contributed by atoms with Crippen molar-refractivity contribution in [2.45, 2.75) is 48.5 Å². The van der Waals surface area contributed by atoms with E-state index < -0.39 is 0 Å². The number of aliphatic hydroxyl groups is 1. The number of thioether (sulfide) groups is 1. The Morgan fingerprint density at radius 1 is 1.25 bits per heavy atom. The Bertz CT molecular complexity index is 330. The molecule has 0 aromatic carbocycles. The lowest BCUT2D eigenvalue weighted by Gasteiger charge is -2.18. The predicted molar refractivity (Wildman–Crippen MR) is 70.7 cm³/mol. The van der Waals surface area contributed by atoms with Gasteiger partial charge in [0.15, 0.2) is 0 Å². The first-order chi connectivity index (χ1) is 7.75. The zero-order chi connectivity index (χ0) is 11.4. The van der Waals surface area contributed by atoms with E-state index in [2.05, 4.69) is 20.9 Å². The van der Waals surface area contributed by atoms with E-state index in [9.17, 15) is 5.11 Å². The smallest absolute Gasteiger partial charge is 0.0964 e. The van der Waals surface area contributed by atoms with Gasteiger partial charge in [-0.3, -0.25) is 0 Å². The first-order valence-corrected chi connectivity index (χ1v) is 7.39. The topological polar surface area (TPSA) is 33.1 Å². The van der Waals surface area contributed by atoms with Gasteiger partial charge in [-0.2, -0.15) is 0 Å². The largest absolute Gasteiger partial charge is 0.392 e. The monoisotopic (exact) mass is 301 g/mol. The molecule has 1 aliphatic rings. The molecule has 1 N–H and O–H groups in total. The van der Waals surface area contributed by atoms with Crippen LogP contribution in [-0.4, -0.2) is 21.4 Å². The molecular weight excluding hydrogens is 286 g/mol. The Hall–Kier alpha value is -0.0600. The van der Waals surface area contributed by atoms with E-state index in [1.807, 2.05) is 18.3 Å². The second-order valence-corrected chi connectivity index (χ2v) is 6.35. The van der Waals surface area contributed by atoms with Gasteiger partial charge in [-0.05, 0) is 40.9 Å². The highest BCUT2D eigenvalue weighted by atomic mass is 79.9. The van der Waals surface area contributed by atoms with Crippen LogP contribution in [-0.2, 0) is 0 Å². The van der Waals surface area contributed by atoms with Crippen LogP contribution in [0.4, 0.5) is 0 Å². The van der Waals surface area contributed by atoms with Gasteiger partial charge in [-0.25, -0.2) is 4.98 Å². The third-order valence-corrected chi connectivity index (χ3v) is 4.69. The van der Waals surface area contributed by atoms with Crippen LogP contribution < -0.4 is 0 Å². The zero-order valence-corrected chi connectivity index (χ0v) is 11.5. The average Bonchev–Trinajstić information content (AvgIpc) is 2.48. The number of hydrogen-bond acceptors (Lipinski definition) is 3. The molecule has 0 spiro atoms. The van der Waals surface area contributed by atoms with Crippen LogP contribution in [0.2, 0.25) is 0 Å². The van der Waals surface area contributed by atoms with Crippen molar-refractivity contribution in [1.82, 2.24) is 4.98 Å². The molecule has 16 heavy (non-hydrogen) atoms. The maximum atomic E-state index is 10.0. The van der Waals surface area contributed by atoms with Crippen LogP contribution in [0.25, 0.3) is 0 Å². The number of rotatable bonds is 2. The van der Waals surface area contributed by atoms with Crippen LogP contribution in [0.3, 0.4) is 0 Å². The van der Waals surface area contributed by atoms with Crippen molar-refractivity contribution in [3.05, 3.63) is 22.8 Å². The highest BCUT2D eigenvalue weighted by Gasteiger charge is 2.22. The van der Waals surface area contributed by atoms with E-state index in [1.165, 1.54) is 12.8 Å². The van der Waals surface area contributed by atoms with E-state index in [4.69, 9.17) is 0 Å². The van der Waals surface area contributed by atoms with Gasteiger partial charge in [0.25, 0.3) is 0 Å². The molecule has 2 atom stereocenters. The van der Waals surface area contributed by atoms with Crippen molar-refractivity contribution in [3.8, 4) is 0 Å². The summed E-state index contributed by atoms with van der Waals surface area (Å²) in [6, 6.07) is 4.00. The molecule has 1 aromatic rings. The Kier molecular flexibility index (Phi) is 4.67. The standard InChI is InChI=1S/C12H16BrNOS/c13-9-6-7-12(14-8-9)16-11-5-3-1-2-4-10(11)15/h6-8,10-11,15H,1-5H2. The van der Waals surface area contributed by atoms with E-state index in [-0.39, 0.29) is 6.10 Å². The van der Waals surface area contributed by atoms with Gasteiger partial charge in [0.1, 0.15) is 0 Å². The van der Waals surface area contributed by atoms with Gasteiger partial charge < -0.3 is 5.11 Å². The lowest BCUT2D eigenvalue weighted by molar-refractivity contribution is 0.163. The molecule has 0 saturated heterocycles. The van der Waals surface area contributed by atoms with Gasteiger partial charge in [0.05, 0.1) is 11.1 Å². The molecule has 1 aromatic heterocycles. The van der Waals surface area contributed by atoms with Crippen LogP contribution in [0.5, 0.6) is 0 Å². The normalized spacial score (nSPS) is 26.4. The second-order valence-electron chi connectivity index (χ2n) is 4.18. The van der Waals surface area contributed by atoms with Gasteiger partial charge >= 0.3 is 0 Å². The molecule has 2 rings (SSSR count). The molecule has 0 aliphatic heterocycles. The molecule has 1 aliphatic carbocycles. The summed E-state index contributed by atoms with van der Waals surface area (Å²) in [6.45, 7) is 0. The third-order valence-electron chi connectivity index (χ3n) is 2.89. The minimum absolute atomic E-state index is 0.169. The van der Waals surface area contributed by atoms with Crippen molar-refractivity contribution >= 4 is 27.7 Å². The number of hydrogen-bond donors (Lipinski definition) is 1. The molecule has 88 valence electrons. The number of aliphatic hydroxyl groups excluding tert-OH is 1. The van der Waals surface area contributed by atoms with Crippen molar-refractivity contribution in [2.75, 3.05) is 0 Å². The molecule has 1 saturated carbocycles. The zero-order valence-electron chi connectivity index (χ0n) is 9.10. The van der Waals surface area contributed by atoms with E-state index in [0.717, 1.165) is 28.8 Å². The Labute approximate surface area is 109 Å². The average molecular weight is 302 g/mol. The molecule has 1 heterocycles. The number of aromatic nitrogens is 1. The lowest BCUT2D eigenvalue weighted by atomic mass is 10.1. The molecule has 0 amide bonds. The van der Waals surface area contributed by atoms with Gasteiger partial charge in [0, 0.05) is 15.9 Å². The molecule has 1 fully saturated rings.